The highest BCUT2D eigenvalue weighted by Crippen LogP contribution is 2.15. The Morgan fingerprint density at radius 2 is 0.976 bits per heavy atom. The van der Waals surface area contributed by atoms with Crippen LogP contribution in [0.5, 0.6) is 0 Å². The number of rotatable bonds is 8. The Hall–Kier alpha value is -3.08. The molecule has 2 aliphatic heterocycles. The maximum atomic E-state index is 8.67. The lowest BCUT2D eigenvalue weighted by Crippen LogP contribution is -2.23. The predicted octanol–water partition coefficient (Wildman–Crippen LogP) is 6.55. The fraction of sp³-hybridized carbons (Fsp3) is 0.412. The normalized spacial score (nSPS) is 15.2. The van der Waals surface area contributed by atoms with Gasteiger partial charge in [-0.1, -0.05) is 64.5 Å². The zero-order chi connectivity index (χ0) is 29.8. The Kier molecular flexibility index (Phi) is 15.9. The molecule has 0 unspecified atom stereocenters. The lowest BCUT2D eigenvalue weighted by Gasteiger charge is -2.22. The number of benzene rings is 3. The molecule has 2 saturated heterocycles. The monoisotopic (exact) mass is 633 g/mol. The van der Waals surface area contributed by atoms with Gasteiger partial charge in [-0.25, -0.2) is 0 Å². The van der Waals surface area contributed by atoms with Crippen LogP contribution < -0.4 is 5.73 Å². The minimum absolute atomic E-state index is 0.324. The number of alkyl halides is 1. The Labute approximate surface area is 258 Å². The minimum atomic E-state index is 0.324. The standard InChI is InChI=1S/C13H19NO2.C13H15NO2.C8H6BrN/c2*14-9-11-1-3-12(4-2-11)10-16-13-5-7-15-8-6-13;9-5-7-1-3-8(6-10)4-2-7/h1-4,13H,5-10,14H2;1-4,13H,5-8,10H2;1-4H,5H2. The van der Waals surface area contributed by atoms with Gasteiger partial charge in [0, 0.05) is 38.3 Å². The van der Waals surface area contributed by atoms with Crippen molar-refractivity contribution in [3.63, 3.8) is 0 Å². The zero-order valence-corrected chi connectivity index (χ0v) is 25.6. The van der Waals surface area contributed by atoms with E-state index in [9.17, 15) is 0 Å². The molecular formula is C34H40BrN3O4. The third-order valence-electron chi connectivity index (χ3n) is 6.89. The van der Waals surface area contributed by atoms with E-state index in [-0.39, 0.29) is 0 Å². The fourth-order valence-electron chi connectivity index (χ4n) is 4.23. The van der Waals surface area contributed by atoms with Gasteiger partial charge in [-0.3, -0.25) is 0 Å². The molecule has 3 aromatic carbocycles. The second-order valence-corrected chi connectivity index (χ2v) is 10.6. The largest absolute Gasteiger partial charge is 0.381 e. The smallest absolute Gasteiger partial charge is 0.0991 e. The van der Waals surface area contributed by atoms with Crippen molar-refractivity contribution < 1.29 is 18.9 Å². The molecule has 2 heterocycles. The summed E-state index contributed by atoms with van der Waals surface area (Å²) < 4.78 is 22.2. The highest BCUT2D eigenvalue weighted by Gasteiger charge is 2.14. The number of hydrogen-bond donors (Lipinski definition) is 1. The average Bonchev–Trinajstić information content (AvgIpc) is 3.08. The van der Waals surface area contributed by atoms with Crippen LogP contribution in [0, 0.1) is 22.7 Å². The average molecular weight is 635 g/mol. The summed E-state index contributed by atoms with van der Waals surface area (Å²) in [5, 5.41) is 18.0. The molecule has 7 nitrogen and oxygen atoms in total. The first-order valence-corrected chi connectivity index (χ1v) is 15.5. The van der Waals surface area contributed by atoms with Gasteiger partial charge in [0.05, 0.1) is 48.7 Å². The van der Waals surface area contributed by atoms with Gasteiger partial charge in [0.2, 0.25) is 0 Å². The van der Waals surface area contributed by atoms with Crippen LogP contribution in [0.4, 0.5) is 0 Å². The topological polar surface area (TPSA) is 111 Å². The van der Waals surface area contributed by atoms with E-state index >= 15 is 0 Å². The van der Waals surface area contributed by atoms with Gasteiger partial charge >= 0.3 is 0 Å². The zero-order valence-electron chi connectivity index (χ0n) is 24.1. The van der Waals surface area contributed by atoms with Crippen LogP contribution in [0.1, 0.15) is 59.1 Å². The van der Waals surface area contributed by atoms with Gasteiger partial charge in [-0.15, -0.1) is 0 Å². The lowest BCUT2D eigenvalue weighted by molar-refractivity contribution is -0.0392. The van der Waals surface area contributed by atoms with E-state index in [0.717, 1.165) is 68.6 Å². The second kappa shape index (κ2) is 19.9. The van der Waals surface area contributed by atoms with E-state index in [2.05, 4.69) is 52.3 Å². The number of ether oxygens (including phenoxy) is 4. The summed E-state index contributed by atoms with van der Waals surface area (Å²) in [6.45, 7) is 5.18. The Morgan fingerprint density at radius 1 is 0.619 bits per heavy atom. The van der Waals surface area contributed by atoms with Gasteiger partial charge < -0.3 is 24.7 Å². The van der Waals surface area contributed by atoms with Gasteiger partial charge in [0.1, 0.15) is 0 Å². The summed E-state index contributed by atoms with van der Waals surface area (Å²) in [7, 11) is 0. The molecule has 2 N–H and O–H groups in total. The molecular weight excluding hydrogens is 594 g/mol. The molecule has 42 heavy (non-hydrogen) atoms. The number of nitriles is 2. The van der Waals surface area contributed by atoms with E-state index in [4.69, 9.17) is 35.2 Å². The quantitative estimate of drug-likeness (QED) is 0.280. The maximum Gasteiger partial charge on any atom is 0.0991 e. The molecule has 0 atom stereocenters. The summed E-state index contributed by atoms with van der Waals surface area (Å²) in [6.07, 6.45) is 4.68. The summed E-state index contributed by atoms with van der Waals surface area (Å²) in [5.74, 6) is 0. The summed E-state index contributed by atoms with van der Waals surface area (Å²) >= 11 is 3.32. The first-order chi connectivity index (χ1) is 20.6. The molecule has 8 heteroatoms. The molecule has 0 aliphatic carbocycles. The third kappa shape index (κ3) is 12.8. The van der Waals surface area contributed by atoms with Crippen LogP contribution in [0.2, 0.25) is 0 Å². The van der Waals surface area contributed by atoms with Crippen molar-refractivity contribution in [2.45, 2.75) is 63.0 Å². The molecule has 2 fully saturated rings. The number of hydrogen-bond acceptors (Lipinski definition) is 7. The summed E-state index contributed by atoms with van der Waals surface area (Å²) in [4.78, 5) is 0. The van der Waals surface area contributed by atoms with E-state index < -0.39 is 0 Å². The van der Waals surface area contributed by atoms with Crippen molar-refractivity contribution in [3.05, 3.63) is 106 Å². The van der Waals surface area contributed by atoms with Crippen molar-refractivity contribution in [1.82, 2.24) is 0 Å². The molecule has 0 spiro atoms. The van der Waals surface area contributed by atoms with Gasteiger partial charge in [0.25, 0.3) is 0 Å². The second-order valence-electron chi connectivity index (χ2n) is 10.0. The SMILES string of the molecule is N#Cc1ccc(CBr)cc1.N#Cc1ccc(COC2CCOCC2)cc1.NCc1ccc(COC2CCOCC2)cc1. The summed E-state index contributed by atoms with van der Waals surface area (Å²) in [5.41, 5.74) is 11.6. The van der Waals surface area contributed by atoms with Crippen LogP contribution in [0.3, 0.4) is 0 Å². The van der Waals surface area contributed by atoms with Crippen molar-refractivity contribution in [2.75, 3.05) is 26.4 Å². The van der Waals surface area contributed by atoms with Crippen LogP contribution in [-0.4, -0.2) is 38.6 Å². The highest BCUT2D eigenvalue weighted by atomic mass is 79.9. The van der Waals surface area contributed by atoms with E-state index in [1.54, 1.807) is 0 Å². The molecule has 0 bridgehead atoms. The van der Waals surface area contributed by atoms with Gasteiger partial charge in [-0.2, -0.15) is 10.5 Å². The Morgan fingerprint density at radius 3 is 1.33 bits per heavy atom. The number of nitrogens with two attached hydrogens (primary N) is 1. The van der Waals surface area contributed by atoms with Crippen molar-refractivity contribution in [3.8, 4) is 12.1 Å². The summed E-state index contributed by atoms with van der Waals surface area (Å²) in [6, 6.07) is 27.5. The predicted molar refractivity (Wildman–Crippen MR) is 167 cm³/mol. The van der Waals surface area contributed by atoms with Crippen molar-refractivity contribution in [2.24, 2.45) is 5.73 Å². The fourth-order valence-corrected chi connectivity index (χ4v) is 4.60. The number of halogens is 1. The van der Waals surface area contributed by atoms with Gasteiger partial charge in [0.15, 0.2) is 0 Å². The van der Waals surface area contributed by atoms with Crippen LogP contribution in [0.25, 0.3) is 0 Å². The lowest BCUT2D eigenvalue weighted by atomic mass is 10.1. The van der Waals surface area contributed by atoms with Gasteiger partial charge in [-0.05, 0) is 72.2 Å². The van der Waals surface area contributed by atoms with Crippen LogP contribution in [-0.2, 0) is 44.0 Å². The molecule has 5 rings (SSSR count). The molecule has 0 aromatic heterocycles. The van der Waals surface area contributed by atoms with Crippen molar-refractivity contribution >= 4 is 15.9 Å². The molecule has 0 saturated carbocycles. The molecule has 2 aliphatic rings. The number of nitrogens with zero attached hydrogens (tertiary/aromatic N) is 2. The first-order valence-electron chi connectivity index (χ1n) is 14.3. The van der Waals surface area contributed by atoms with E-state index in [1.807, 2.05) is 48.5 Å². The highest BCUT2D eigenvalue weighted by molar-refractivity contribution is 9.08. The van der Waals surface area contributed by atoms with Crippen molar-refractivity contribution in [1.29, 1.82) is 10.5 Å². The molecule has 0 amide bonds. The van der Waals surface area contributed by atoms with Crippen LogP contribution in [0.15, 0.2) is 72.8 Å². The van der Waals surface area contributed by atoms with E-state index in [1.165, 1.54) is 11.1 Å². The Balaban J connectivity index is 0.000000178. The third-order valence-corrected chi connectivity index (χ3v) is 7.53. The Bertz CT molecular complexity index is 1230. The van der Waals surface area contributed by atoms with Crippen LogP contribution >= 0.6 is 15.9 Å². The van der Waals surface area contributed by atoms with E-state index in [0.29, 0.717) is 43.1 Å². The maximum absolute atomic E-state index is 8.67. The molecule has 0 radical (unpaired) electrons. The minimum Gasteiger partial charge on any atom is -0.381 e. The molecule has 222 valence electrons. The first kappa shape index (κ1) is 33.4. The molecule has 3 aromatic rings.